The van der Waals surface area contributed by atoms with Crippen LogP contribution in [0.4, 0.5) is 5.69 Å². The predicted octanol–water partition coefficient (Wildman–Crippen LogP) is 3.30. The van der Waals surface area contributed by atoms with Crippen LogP contribution in [0.1, 0.15) is 50.2 Å². The Balaban J connectivity index is 1.34. The summed E-state index contributed by atoms with van der Waals surface area (Å²) in [4.78, 5) is 52.0. The van der Waals surface area contributed by atoms with Gasteiger partial charge in [-0.15, -0.1) is 5.06 Å². The Morgan fingerprint density at radius 2 is 1.94 bits per heavy atom. The minimum atomic E-state index is -0.571. The summed E-state index contributed by atoms with van der Waals surface area (Å²) < 4.78 is 6.25. The molecule has 3 aliphatic heterocycles. The minimum Gasteiger partial charge on any atom is -0.453 e. The monoisotopic (exact) mass is 476 g/mol. The molecule has 0 N–H and O–H groups in total. The fraction of sp³-hybridized carbons (Fsp3) is 0.423. The summed E-state index contributed by atoms with van der Waals surface area (Å²) in [6, 6.07) is 8.09. The number of amides is 2. The van der Waals surface area contributed by atoms with Crippen LogP contribution >= 0.6 is 0 Å². The molecule has 2 amide bonds. The number of imide groups is 1. The third-order valence-electron chi connectivity index (χ3n) is 6.45. The number of aryl methyl sites for hydroxylation is 2. The summed E-state index contributed by atoms with van der Waals surface area (Å²) in [6.45, 7) is 6.26. The van der Waals surface area contributed by atoms with Gasteiger partial charge < -0.3 is 14.2 Å². The molecule has 9 nitrogen and oxygen atoms in total. The molecule has 0 atom stereocenters. The summed E-state index contributed by atoms with van der Waals surface area (Å²) >= 11 is 0. The van der Waals surface area contributed by atoms with E-state index in [1.54, 1.807) is 0 Å². The zero-order valence-electron chi connectivity index (χ0n) is 20.0. The van der Waals surface area contributed by atoms with E-state index < -0.39 is 17.8 Å². The predicted molar refractivity (Wildman–Crippen MR) is 128 cm³/mol. The first-order chi connectivity index (χ1) is 16.9. The van der Waals surface area contributed by atoms with E-state index in [0.717, 1.165) is 47.2 Å². The highest BCUT2D eigenvalue weighted by Crippen LogP contribution is 2.34. The standard InChI is InChI=1S/C26H28N4O5/c1-3-27-18-14-22-19(12-16(18)2)28-20-13-17-6-4-10-29(21(17)15-23(20)34-22)11-5-7-26(33)35-30-24(31)8-9-25(30)32/h12-15H,3-11H2,1-2H3/b27-18-. The molecule has 5 rings (SSSR count). The maximum absolute atomic E-state index is 12.2. The topological polar surface area (TPSA) is 105 Å². The van der Waals surface area contributed by atoms with E-state index in [2.05, 4.69) is 16.0 Å². The molecule has 1 saturated heterocycles. The molecule has 0 spiro atoms. The summed E-state index contributed by atoms with van der Waals surface area (Å²) in [6.07, 6.45) is 2.81. The Bertz CT molecular complexity index is 1350. The average Bonchev–Trinajstić information content (AvgIpc) is 3.14. The Labute approximate surface area is 202 Å². The van der Waals surface area contributed by atoms with Gasteiger partial charge in [0, 0.05) is 56.7 Å². The van der Waals surface area contributed by atoms with Crippen LogP contribution in [0.15, 0.2) is 33.7 Å². The molecular weight excluding hydrogens is 448 g/mol. The van der Waals surface area contributed by atoms with Gasteiger partial charge in [0.25, 0.3) is 11.8 Å². The van der Waals surface area contributed by atoms with E-state index in [1.807, 2.05) is 32.0 Å². The third kappa shape index (κ3) is 4.62. The normalized spacial score (nSPS) is 16.5. The molecule has 1 aliphatic carbocycles. The van der Waals surface area contributed by atoms with Crippen molar-refractivity contribution < 1.29 is 23.6 Å². The van der Waals surface area contributed by atoms with Crippen LogP contribution in [-0.4, -0.2) is 47.5 Å². The zero-order valence-corrected chi connectivity index (χ0v) is 20.0. The molecule has 9 heteroatoms. The van der Waals surface area contributed by atoms with Crippen molar-refractivity contribution in [2.45, 2.75) is 52.4 Å². The number of carbonyl (C=O) groups excluding carboxylic acids is 3. The van der Waals surface area contributed by atoms with Crippen molar-refractivity contribution in [2.24, 2.45) is 4.99 Å². The summed E-state index contributed by atoms with van der Waals surface area (Å²) in [5, 5.41) is 1.51. The molecular formula is C26H28N4O5. The quantitative estimate of drug-likeness (QED) is 0.397. The van der Waals surface area contributed by atoms with Crippen LogP contribution in [-0.2, 0) is 25.6 Å². The molecule has 0 unspecified atom stereocenters. The maximum Gasteiger partial charge on any atom is 0.333 e. The van der Waals surface area contributed by atoms with Gasteiger partial charge in [0.05, 0.1) is 5.36 Å². The second kappa shape index (κ2) is 9.48. The van der Waals surface area contributed by atoms with Crippen LogP contribution in [0, 0.1) is 6.92 Å². The fourth-order valence-electron chi connectivity index (χ4n) is 4.72. The van der Waals surface area contributed by atoms with E-state index in [9.17, 15) is 14.4 Å². The van der Waals surface area contributed by atoms with E-state index in [-0.39, 0.29) is 19.3 Å². The molecule has 35 heavy (non-hydrogen) atoms. The number of fused-ring (bicyclic) bond motifs is 3. The first-order valence-electron chi connectivity index (χ1n) is 12.1. The average molecular weight is 477 g/mol. The van der Waals surface area contributed by atoms with E-state index in [0.29, 0.717) is 35.9 Å². The van der Waals surface area contributed by atoms with Crippen molar-refractivity contribution >= 4 is 34.6 Å². The number of anilines is 1. The number of hydrogen-bond donors (Lipinski definition) is 0. The van der Waals surface area contributed by atoms with Crippen molar-refractivity contribution in [3.8, 4) is 11.5 Å². The molecule has 3 heterocycles. The van der Waals surface area contributed by atoms with Crippen molar-refractivity contribution in [1.29, 1.82) is 0 Å². The lowest BCUT2D eigenvalue weighted by Gasteiger charge is -2.31. The number of benzene rings is 2. The molecule has 0 saturated carbocycles. The smallest absolute Gasteiger partial charge is 0.333 e. The Morgan fingerprint density at radius 3 is 2.71 bits per heavy atom. The molecule has 1 aromatic carbocycles. The molecule has 1 fully saturated rings. The van der Waals surface area contributed by atoms with Crippen LogP contribution in [0.3, 0.4) is 0 Å². The van der Waals surface area contributed by atoms with Crippen LogP contribution < -0.4 is 10.3 Å². The highest BCUT2D eigenvalue weighted by Gasteiger charge is 2.32. The van der Waals surface area contributed by atoms with Gasteiger partial charge in [0.15, 0.2) is 11.3 Å². The lowest BCUT2D eigenvalue weighted by Crippen LogP contribution is -2.33. The van der Waals surface area contributed by atoms with Gasteiger partial charge in [-0.3, -0.25) is 14.6 Å². The second-order valence-electron chi connectivity index (χ2n) is 8.98. The van der Waals surface area contributed by atoms with Gasteiger partial charge in [-0.05, 0) is 56.4 Å². The van der Waals surface area contributed by atoms with Gasteiger partial charge in [0.2, 0.25) is 0 Å². The Kier molecular flexibility index (Phi) is 6.23. The highest BCUT2D eigenvalue weighted by atomic mass is 16.7. The minimum absolute atomic E-state index is 0.0914. The maximum atomic E-state index is 12.2. The summed E-state index contributed by atoms with van der Waals surface area (Å²) in [5.74, 6) is -0.795. The zero-order chi connectivity index (χ0) is 24.5. The number of hydrogen-bond acceptors (Lipinski definition) is 8. The molecule has 4 aliphatic rings. The Morgan fingerprint density at radius 1 is 1.14 bits per heavy atom. The molecule has 1 aromatic rings. The van der Waals surface area contributed by atoms with Crippen molar-refractivity contribution in [3.63, 3.8) is 0 Å². The number of rotatable bonds is 6. The lowest BCUT2D eigenvalue weighted by molar-refractivity contribution is -0.197. The molecule has 0 aromatic heterocycles. The molecule has 0 bridgehead atoms. The summed E-state index contributed by atoms with van der Waals surface area (Å²) in [5.41, 5.74) is 5.70. The van der Waals surface area contributed by atoms with Gasteiger partial charge in [-0.25, -0.2) is 9.78 Å². The van der Waals surface area contributed by atoms with E-state index >= 15 is 0 Å². The summed E-state index contributed by atoms with van der Waals surface area (Å²) in [7, 11) is 0. The van der Waals surface area contributed by atoms with Crippen LogP contribution in [0.2, 0.25) is 0 Å². The first-order valence-corrected chi connectivity index (χ1v) is 12.1. The van der Waals surface area contributed by atoms with Gasteiger partial charge in [-0.1, -0.05) is 0 Å². The van der Waals surface area contributed by atoms with Crippen LogP contribution in [0.5, 0.6) is 0 Å². The van der Waals surface area contributed by atoms with Gasteiger partial charge >= 0.3 is 5.97 Å². The van der Waals surface area contributed by atoms with E-state index in [4.69, 9.17) is 14.2 Å². The first kappa shape index (κ1) is 23.0. The number of hydroxylamine groups is 2. The number of aromatic nitrogens is 1. The molecule has 0 radical (unpaired) electrons. The molecule has 182 valence electrons. The number of nitrogens with zero attached hydrogens (tertiary/aromatic N) is 4. The van der Waals surface area contributed by atoms with Crippen molar-refractivity contribution in [1.82, 2.24) is 10.0 Å². The Hall–Kier alpha value is -3.75. The number of carbonyl (C=O) groups is 3. The largest absolute Gasteiger partial charge is 0.453 e. The fourth-order valence-corrected chi connectivity index (χ4v) is 4.72. The van der Waals surface area contributed by atoms with Gasteiger partial charge in [0.1, 0.15) is 11.2 Å². The van der Waals surface area contributed by atoms with Crippen molar-refractivity contribution in [2.75, 3.05) is 24.5 Å². The third-order valence-corrected chi connectivity index (χ3v) is 6.45. The highest BCUT2D eigenvalue weighted by molar-refractivity contribution is 6.01. The van der Waals surface area contributed by atoms with Crippen molar-refractivity contribution in [3.05, 3.63) is 40.7 Å². The van der Waals surface area contributed by atoms with E-state index in [1.165, 1.54) is 5.56 Å². The lowest BCUT2D eigenvalue weighted by atomic mass is 10.0. The SMILES string of the molecule is CC/N=c1/cc2oc3cc4c(cc3nc-2cc1C)CCCN4CCCC(=O)ON1C(=O)CCC1=O. The van der Waals surface area contributed by atoms with Crippen LogP contribution in [0.25, 0.3) is 22.6 Å². The van der Waals surface area contributed by atoms with Gasteiger partial charge in [-0.2, -0.15) is 0 Å². The second-order valence-corrected chi connectivity index (χ2v) is 8.98.